The Morgan fingerprint density at radius 2 is 2.07 bits per heavy atom. The van der Waals surface area contributed by atoms with E-state index in [0.29, 0.717) is 13.2 Å². The molecule has 1 unspecified atom stereocenters. The van der Waals surface area contributed by atoms with Gasteiger partial charge in [0.15, 0.2) is 5.60 Å². The lowest BCUT2D eigenvalue weighted by Gasteiger charge is -2.09. The second kappa shape index (κ2) is 6.08. The maximum absolute atomic E-state index is 11.5. The third-order valence-electron chi connectivity index (χ3n) is 2.63. The van der Waals surface area contributed by atoms with Crippen molar-refractivity contribution in [1.29, 1.82) is 0 Å². The summed E-state index contributed by atoms with van der Waals surface area (Å²) in [5, 5.41) is 8.60. The van der Waals surface area contributed by atoms with Gasteiger partial charge in [-0.05, 0) is 26.2 Å². The summed E-state index contributed by atoms with van der Waals surface area (Å²) >= 11 is 0. The van der Waals surface area contributed by atoms with Crippen molar-refractivity contribution in [3.63, 3.8) is 0 Å². The number of aliphatic hydroxyl groups is 1. The van der Waals surface area contributed by atoms with Crippen LogP contribution in [0.5, 0.6) is 0 Å². The van der Waals surface area contributed by atoms with Crippen molar-refractivity contribution < 1.29 is 19.4 Å². The van der Waals surface area contributed by atoms with Crippen LogP contribution in [0.4, 0.5) is 0 Å². The van der Waals surface area contributed by atoms with Gasteiger partial charge in [0, 0.05) is 6.61 Å². The Labute approximate surface area is 90.6 Å². The minimum Gasteiger partial charge on any atom is -0.464 e. The summed E-state index contributed by atoms with van der Waals surface area (Å²) < 4.78 is 10.1. The van der Waals surface area contributed by atoms with E-state index in [2.05, 4.69) is 0 Å². The number of carbonyl (C=O) groups excluding carboxylic acids is 1. The zero-order chi connectivity index (χ0) is 11.1. The number of carbonyl (C=O) groups is 1. The molecule has 0 saturated carbocycles. The molecule has 1 N–H and O–H groups in total. The van der Waals surface area contributed by atoms with E-state index in [1.165, 1.54) is 0 Å². The van der Waals surface area contributed by atoms with E-state index in [1.807, 2.05) is 0 Å². The molecule has 88 valence electrons. The Hall–Kier alpha value is -0.610. The average Bonchev–Trinajstić information content (AvgIpc) is 2.99. The van der Waals surface area contributed by atoms with Gasteiger partial charge >= 0.3 is 5.97 Å². The zero-order valence-electron chi connectivity index (χ0n) is 9.33. The molecule has 0 amide bonds. The number of aliphatic hydroxyl groups excluding tert-OH is 1. The number of hydrogen-bond acceptors (Lipinski definition) is 4. The van der Waals surface area contributed by atoms with Crippen molar-refractivity contribution >= 4 is 5.97 Å². The molecule has 1 fully saturated rings. The van der Waals surface area contributed by atoms with Crippen molar-refractivity contribution in [2.45, 2.75) is 44.6 Å². The van der Waals surface area contributed by atoms with E-state index in [1.54, 1.807) is 6.92 Å². The highest BCUT2D eigenvalue weighted by Gasteiger charge is 2.52. The van der Waals surface area contributed by atoms with Crippen LogP contribution in [0.25, 0.3) is 0 Å². The van der Waals surface area contributed by atoms with Crippen molar-refractivity contribution in [3.05, 3.63) is 0 Å². The van der Waals surface area contributed by atoms with Gasteiger partial charge in [0.05, 0.1) is 13.2 Å². The molecule has 0 aromatic rings. The highest BCUT2D eigenvalue weighted by Crippen LogP contribution is 2.34. The summed E-state index contributed by atoms with van der Waals surface area (Å²) in [4.78, 5) is 11.5. The summed E-state index contributed by atoms with van der Waals surface area (Å²) in [7, 11) is 0. The summed E-state index contributed by atoms with van der Waals surface area (Å²) in [6.45, 7) is 2.97. The maximum Gasteiger partial charge on any atom is 0.340 e. The number of rotatable bonds is 8. The maximum atomic E-state index is 11.5. The number of epoxide rings is 1. The average molecular weight is 216 g/mol. The summed E-state index contributed by atoms with van der Waals surface area (Å²) in [5.74, 6) is -0.216. The summed E-state index contributed by atoms with van der Waals surface area (Å²) in [6.07, 6.45) is 4.59. The third-order valence-corrected chi connectivity index (χ3v) is 2.63. The SMILES string of the molecule is CCOC(=O)C1(CCCCCCO)CO1. The van der Waals surface area contributed by atoms with Crippen LogP contribution in [-0.2, 0) is 14.3 Å². The van der Waals surface area contributed by atoms with Crippen LogP contribution in [0, 0.1) is 0 Å². The molecule has 0 bridgehead atoms. The van der Waals surface area contributed by atoms with Gasteiger partial charge in [-0.3, -0.25) is 0 Å². The number of esters is 1. The van der Waals surface area contributed by atoms with Gasteiger partial charge in [-0.2, -0.15) is 0 Å². The first-order chi connectivity index (χ1) is 7.25. The second-order valence-corrected chi connectivity index (χ2v) is 3.89. The normalized spacial score (nSPS) is 23.9. The Balaban J connectivity index is 2.11. The second-order valence-electron chi connectivity index (χ2n) is 3.89. The molecule has 1 saturated heterocycles. The van der Waals surface area contributed by atoms with Crippen LogP contribution in [0.2, 0.25) is 0 Å². The molecular formula is C11H20O4. The molecule has 0 radical (unpaired) electrons. The first-order valence-electron chi connectivity index (χ1n) is 5.67. The minimum atomic E-state index is -0.616. The van der Waals surface area contributed by atoms with E-state index in [-0.39, 0.29) is 12.6 Å². The van der Waals surface area contributed by atoms with Crippen molar-refractivity contribution in [2.24, 2.45) is 0 Å². The van der Waals surface area contributed by atoms with E-state index in [9.17, 15) is 4.79 Å². The largest absolute Gasteiger partial charge is 0.464 e. The Kier molecular flexibility index (Phi) is 5.05. The molecule has 0 aromatic heterocycles. The van der Waals surface area contributed by atoms with Gasteiger partial charge < -0.3 is 14.6 Å². The molecule has 4 heteroatoms. The predicted octanol–water partition coefficient (Wildman–Crippen LogP) is 1.26. The summed E-state index contributed by atoms with van der Waals surface area (Å²) in [6, 6.07) is 0. The first-order valence-corrected chi connectivity index (χ1v) is 5.67. The van der Waals surface area contributed by atoms with Gasteiger partial charge in [-0.15, -0.1) is 0 Å². The van der Waals surface area contributed by atoms with Gasteiger partial charge in [0.1, 0.15) is 0 Å². The van der Waals surface area contributed by atoms with Crippen molar-refractivity contribution in [1.82, 2.24) is 0 Å². The fraction of sp³-hybridized carbons (Fsp3) is 0.909. The number of hydrogen-bond donors (Lipinski definition) is 1. The molecule has 0 spiro atoms. The molecular weight excluding hydrogens is 196 g/mol. The van der Waals surface area contributed by atoms with Crippen molar-refractivity contribution in [3.8, 4) is 0 Å². The number of unbranched alkanes of at least 4 members (excludes halogenated alkanes) is 3. The van der Waals surface area contributed by atoms with Crippen molar-refractivity contribution in [2.75, 3.05) is 19.8 Å². The van der Waals surface area contributed by atoms with E-state index < -0.39 is 5.60 Å². The Bertz CT molecular complexity index is 199. The smallest absolute Gasteiger partial charge is 0.340 e. The topological polar surface area (TPSA) is 59.1 Å². The van der Waals surface area contributed by atoms with Gasteiger partial charge in [-0.25, -0.2) is 4.79 Å². The first kappa shape index (κ1) is 12.5. The molecule has 1 rings (SSSR count). The fourth-order valence-corrected chi connectivity index (χ4v) is 1.59. The molecule has 1 heterocycles. The van der Waals surface area contributed by atoms with Crippen LogP contribution in [-0.4, -0.2) is 36.5 Å². The molecule has 0 aliphatic carbocycles. The van der Waals surface area contributed by atoms with Gasteiger partial charge in [0.2, 0.25) is 0 Å². The highest BCUT2D eigenvalue weighted by molar-refractivity contribution is 5.82. The minimum absolute atomic E-state index is 0.216. The van der Waals surface area contributed by atoms with Crippen LogP contribution >= 0.6 is 0 Å². The molecule has 4 nitrogen and oxygen atoms in total. The van der Waals surface area contributed by atoms with E-state index in [0.717, 1.165) is 32.1 Å². The van der Waals surface area contributed by atoms with Gasteiger partial charge in [0.25, 0.3) is 0 Å². The quantitative estimate of drug-likeness (QED) is 0.377. The lowest BCUT2D eigenvalue weighted by atomic mass is 10.0. The Morgan fingerprint density at radius 1 is 1.40 bits per heavy atom. The molecule has 1 aliphatic rings. The predicted molar refractivity (Wildman–Crippen MR) is 55.5 cm³/mol. The standard InChI is InChI=1S/C11H20O4/c1-2-14-10(13)11(9-15-11)7-5-3-4-6-8-12/h12H,2-9H2,1H3. The monoisotopic (exact) mass is 216 g/mol. The van der Waals surface area contributed by atoms with E-state index >= 15 is 0 Å². The van der Waals surface area contributed by atoms with Gasteiger partial charge in [-0.1, -0.05) is 12.8 Å². The van der Waals surface area contributed by atoms with E-state index in [4.69, 9.17) is 14.6 Å². The molecule has 0 aromatic carbocycles. The zero-order valence-corrected chi connectivity index (χ0v) is 9.33. The van der Waals surface area contributed by atoms with Crippen LogP contribution in [0.1, 0.15) is 39.0 Å². The lowest BCUT2D eigenvalue weighted by molar-refractivity contribution is -0.149. The lowest BCUT2D eigenvalue weighted by Crippen LogP contribution is -2.27. The Morgan fingerprint density at radius 3 is 2.60 bits per heavy atom. The molecule has 1 atom stereocenters. The summed E-state index contributed by atoms with van der Waals surface area (Å²) in [5.41, 5.74) is -0.616. The number of ether oxygens (including phenoxy) is 2. The van der Waals surface area contributed by atoms with Crippen LogP contribution in [0.15, 0.2) is 0 Å². The molecule has 1 aliphatic heterocycles. The fourth-order valence-electron chi connectivity index (χ4n) is 1.59. The third kappa shape index (κ3) is 3.80. The van der Waals surface area contributed by atoms with Crippen LogP contribution in [0.3, 0.4) is 0 Å². The van der Waals surface area contributed by atoms with Crippen LogP contribution < -0.4 is 0 Å². The highest BCUT2D eigenvalue weighted by atomic mass is 16.6. The molecule has 15 heavy (non-hydrogen) atoms.